The topological polar surface area (TPSA) is 142 Å². The van der Waals surface area contributed by atoms with Gasteiger partial charge in [-0.1, -0.05) is 38.1 Å². The van der Waals surface area contributed by atoms with Gasteiger partial charge in [-0.3, -0.25) is 15.2 Å². The predicted octanol–water partition coefficient (Wildman–Crippen LogP) is 5.22. The fourth-order valence-electron chi connectivity index (χ4n) is 4.66. The highest BCUT2D eigenvalue weighted by atomic mass is 16.5. The number of likely N-dealkylation sites (tertiary alicyclic amines) is 1. The zero-order valence-electron chi connectivity index (χ0n) is 21.6. The first kappa shape index (κ1) is 26.4. The van der Waals surface area contributed by atoms with E-state index in [0.29, 0.717) is 35.8 Å². The number of nitrogens with zero attached hydrogens (tertiary/aromatic N) is 3. The molecular formula is C30H32N6O2. The summed E-state index contributed by atoms with van der Waals surface area (Å²) < 4.78 is 5.90. The van der Waals surface area contributed by atoms with Crippen molar-refractivity contribution < 1.29 is 9.53 Å². The highest BCUT2D eigenvalue weighted by Crippen LogP contribution is 2.34. The number of pyridine rings is 1. The van der Waals surface area contributed by atoms with Crippen LogP contribution >= 0.6 is 0 Å². The van der Waals surface area contributed by atoms with Gasteiger partial charge in [-0.05, 0) is 61.2 Å². The minimum absolute atomic E-state index is 0.0607. The van der Waals surface area contributed by atoms with Gasteiger partial charge in [-0.15, -0.1) is 0 Å². The molecular weight excluding hydrogens is 476 g/mol. The average molecular weight is 509 g/mol. The largest absolute Gasteiger partial charge is 0.457 e. The molecule has 5 N–H and O–H groups in total. The van der Waals surface area contributed by atoms with E-state index in [0.717, 1.165) is 29.8 Å². The number of allylic oxidation sites excluding steroid dienone is 1. The van der Waals surface area contributed by atoms with Gasteiger partial charge in [0.2, 0.25) is 0 Å². The molecule has 1 aliphatic heterocycles. The Morgan fingerprint density at radius 3 is 2.50 bits per heavy atom. The van der Waals surface area contributed by atoms with Crippen LogP contribution in [0.15, 0.2) is 72.3 Å². The summed E-state index contributed by atoms with van der Waals surface area (Å²) in [6.45, 7) is 4.90. The molecule has 1 unspecified atom stereocenters. The Kier molecular flexibility index (Phi) is 8.07. The van der Waals surface area contributed by atoms with Crippen LogP contribution in [-0.4, -0.2) is 34.7 Å². The second-order valence-corrected chi connectivity index (χ2v) is 9.74. The molecule has 1 atom stereocenters. The zero-order chi connectivity index (χ0) is 27.2. The standard InChI is InChI=1S/C30H32N6O2/c1-19(2)15-22(17-31)30(37)36-14-6-7-21(18-36)26-16-25(32)27(29(33)34)28(35-26)20-10-12-24(13-11-20)38-23-8-4-3-5-9-23/h3-5,8-13,15-16,19,21H,6-7,14,18H2,1-2H3,(H2,32,35)(H3,33,34)/b22-15+. The van der Waals surface area contributed by atoms with E-state index in [2.05, 4.69) is 6.07 Å². The summed E-state index contributed by atoms with van der Waals surface area (Å²) in [7, 11) is 0. The molecule has 0 saturated carbocycles. The molecule has 1 fully saturated rings. The molecule has 3 aromatic rings. The van der Waals surface area contributed by atoms with Crippen LogP contribution in [0.3, 0.4) is 0 Å². The Hall–Kier alpha value is -4.64. The van der Waals surface area contributed by atoms with Crippen molar-refractivity contribution in [2.24, 2.45) is 11.7 Å². The number of nitrogens with two attached hydrogens (primary N) is 2. The van der Waals surface area contributed by atoms with Crippen molar-refractivity contribution in [1.82, 2.24) is 9.88 Å². The van der Waals surface area contributed by atoms with Gasteiger partial charge < -0.3 is 21.1 Å². The summed E-state index contributed by atoms with van der Waals surface area (Å²) in [5.41, 5.74) is 15.2. The van der Waals surface area contributed by atoms with Crippen LogP contribution in [0.4, 0.5) is 5.69 Å². The van der Waals surface area contributed by atoms with Crippen molar-refractivity contribution >= 4 is 17.4 Å². The summed E-state index contributed by atoms with van der Waals surface area (Å²) in [6.07, 6.45) is 3.32. The highest BCUT2D eigenvalue weighted by molar-refractivity contribution is 6.05. The highest BCUT2D eigenvalue weighted by Gasteiger charge is 2.29. The van der Waals surface area contributed by atoms with Crippen LogP contribution in [0.2, 0.25) is 0 Å². The number of para-hydroxylation sites is 1. The van der Waals surface area contributed by atoms with E-state index in [1.807, 2.05) is 68.4 Å². The third kappa shape index (κ3) is 6.01. The normalized spacial score (nSPS) is 15.7. The van der Waals surface area contributed by atoms with Gasteiger partial charge in [-0.25, -0.2) is 0 Å². The number of amidine groups is 1. The molecule has 1 aliphatic rings. The molecule has 1 saturated heterocycles. The number of anilines is 1. The first-order valence-corrected chi connectivity index (χ1v) is 12.7. The maximum atomic E-state index is 13.0. The molecule has 0 aliphatic carbocycles. The van der Waals surface area contributed by atoms with Crippen LogP contribution in [0, 0.1) is 22.7 Å². The van der Waals surface area contributed by atoms with Crippen molar-refractivity contribution in [3.05, 3.63) is 83.6 Å². The average Bonchev–Trinajstić information content (AvgIpc) is 2.91. The number of nitrogen functional groups attached to an aromatic ring is 2. The van der Waals surface area contributed by atoms with Crippen LogP contribution < -0.4 is 16.2 Å². The maximum absolute atomic E-state index is 13.0. The Bertz CT molecular complexity index is 1390. The molecule has 2 heterocycles. The molecule has 0 radical (unpaired) electrons. The Labute approximate surface area is 223 Å². The van der Waals surface area contributed by atoms with E-state index in [9.17, 15) is 10.1 Å². The monoisotopic (exact) mass is 508 g/mol. The number of hydrogen-bond acceptors (Lipinski definition) is 6. The summed E-state index contributed by atoms with van der Waals surface area (Å²) in [5.74, 6) is 1.01. The molecule has 194 valence electrons. The number of piperidine rings is 1. The number of nitriles is 1. The van der Waals surface area contributed by atoms with Gasteiger partial charge in [0.25, 0.3) is 5.91 Å². The molecule has 38 heavy (non-hydrogen) atoms. The third-order valence-electron chi connectivity index (χ3n) is 6.42. The van der Waals surface area contributed by atoms with Crippen molar-refractivity contribution in [3.8, 4) is 28.8 Å². The minimum atomic E-state index is -0.256. The second-order valence-electron chi connectivity index (χ2n) is 9.74. The maximum Gasteiger partial charge on any atom is 0.264 e. The van der Waals surface area contributed by atoms with Crippen molar-refractivity contribution in [2.45, 2.75) is 32.6 Å². The lowest BCUT2D eigenvalue weighted by Crippen LogP contribution is -2.40. The third-order valence-corrected chi connectivity index (χ3v) is 6.42. The van der Waals surface area contributed by atoms with Gasteiger partial charge >= 0.3 is 0 Å². The molecule has 1 amide bonds. The van der Waals surface area contributed by atoms with Gasteiger partial charge in [-0.2, -0.15) is 5.26 Å². The van der Waals surface area contributed by atoms with E-state index in [1.165, 1.54) is 0 Å². The summed E-state index contributed by atoms with van der Waals surface area (Å²) in [4.78, 5) is 19.7. The first-order valence-electron chi connectivity index (χ1n) is 12.7. The number of nitrogens with one attached hydrogen (secondary N) is 1. The van der Waals surface area contributed by atoms with E-state index in [-0.39, 0.29) is 29.2 Å². The van der Waals surface area contributed by atoms with E-state index < -0.39 is 0 Å². The lowest BCUT2D eigenvalue weighted by molar-refractivity contribution is -0.127. The van der Waals surface area contributed by atoms with Crippen LogP contribution in [0.1, 0.15) is 43.9 Å². The Morgan fingerprint density at radius 2 is 1.87 bits per heavy atom. The van der Waals surface area contributed by atoms with E-state index >= 15 is 0 Å². The van der Waals surface area contributed by atoms with Gasteiger partial charge in [0.1, 0.15) is 29.0 Å². The summed E-state index contributed by atoms with van der Waals surface area (Å²) in [5, 5.41) is 17.6. The SMILES string of the molecule is CC(C)/C=C(\C#N)C(=O)N1CCCC(c2cc(N)c(C(=N)N)c(-c3ccc(Oc4ccccc4)cc3)n2)C1. The summed E-state index contributed by atoms with van der Waals surface area (Å²) in [6, 6.07) is 20.7. The molecule has 8 heteroatoms. The van der Waals surface area contributed by atoms with E-state index in [4.69, 9.17) is 26.6 Å². The fraction of sp³-hybridized carbons (Fsp3) is 0.267. The van der Waals surface area contributed by atoms with Gasteiger partial charge in [0, 0.05) is 36.0 Å². The molecule has 0 spiro atoms. The number of amides is 1. The fourth-order valence-corrected chi connectivity index (χ4v) is 4.66. The zero-order valence-corrected chi connectivity index (χ0v) is 21.6. The second kappa shape index (κ2) is 11.6. The van der Waals surface area contributed by atoms with Crippen molar-refractivity contribution in [2.75, 3.05) is 18.8 Å². The van der Waals surface area contributed by atoms with E-state index in [1.54, 1.807) is 17.0 Å². The molecule has 2 aromatic carbocycles. The quantitative estimate of drug-likeness (QED) is 0.173. The number of carbonyl (C=O) groups is 1. The van der Waals surface area contributed by atoms with Crippen molar-refractivity contribution in [3.63, 3.8) is 0 Å². The van der Waals surface area contributed by atoms with Crippen LogP contribution in [0.25, 0.3) is 11.3 Å². The number of rotatable bonds is 7. The van der Waals surface area contributed by atoms with Crippen molar-refractivity contribution in [1.29, 1.82) is 10.7 Å². The van der Waals surface area contributed by atoms with Gasteiger partial charge in [0.05, 0.1) is 11.3 Å². The number of ether oxygens (including phenoxy) is 1. The molecule has 4 rings (SSSR count). The predicted molar refractivity (Wildman–Crippen MR) is 149 cm³/mol. The van der Waals surface area contributed by atoms with Crippen LogP contribution in [-0.2, 0) is 4.79 Å². The van der Waals surface area contributed by atoms with Gasteiger partial charge in [0.15, 0.2) is 0 Å². The van der Waals surface area contributed by atoms with Crippen LogP contribution in [0.5, 0.6) is 11.5 Å². The lowest BCUT2D eigenvalue weighted by atomic mass is 9.91. The molecule has 0 bridgehead atoms. The first-order chi connectivity index (χ1) is 18.3. The lowest BCUT2D eigenvalue weighted by Gasteiger charge is -2.33. The smallest absolute Gasteiger partial charge is 0.264 e. The Balaban J connectivity index is 1.63. The molecule has 8 nitrogen and oxygen atoms in total. The Morgan fingerprint density at radius 1 is 1.18 bits per heavy atom. The number of aromatic nitrogens is 1. The number of hydrogen-bond donors (Lipinski definition) is 3. The summed E-state index contributed by atoms with van der Waals surface area (Å²) >= 11 is 0. The molecule has 1 aromatic heterocycles. The number of carbonyl (C=O) groups excluding carboxylic acids is 1. The number of benzene rings is 2. The minimum Gasteiger partial charge on any atom is -0.457 e.